The minimum absolute atomic E-state index is 0.00123. The van der Waals surface area contributed by atoms with Gasteiger partial charge in [-0.3, -0.25) is 4.79 Å². The lowest BCUT2D eigenvalue weighted by molar-refractivity contribution is -0.120. The number of benzene rings is 2. The van der Waals surface area contributed by atoms with Gasteiger partial charge in [0.15, 0.2) is 11.5 Å². The molecule has 0 aliphatic carbocycles. The first kappa shape index (κ1) is 26.3. The number of anilines is 1. The number of aromatic nitrogens is 2. The first-order valence-corrected chi connectivity index (χ1v) is 11.9. The molecular formula is C23H23Cl2N5O4S. The quantitative estimate of drug-likeness (QED) is 0.153. The van der Waals surface area contributed by atoms with Crippen LogP contribution in [-0.4, -0.2) is 42.6 Å². The summed E-state index contributed by atoms with van der Waals surface area (Å²) < 4.78 is 17.0. The zero-order chi connectivity index (χ0) is 25.2. The zero-order valence-corrected chi connectivity index (χ0v) is 21.1. The van der Waals surface area contributed by atoms with Crippen LogP contribution in [0.2, 0.25) is 10.0 Å². The second-order valence-electron chi connectivity index (χ2n) is 6.98. The molecule has 12 heteroatoms. The van der Waals surface area contributed by atoms with Gasteiger partial charge < -0.3 is 19.9 Å². The van der Waals surface area contributed by atoms with Gasteiger partial charge in [-0.25, -0.2) is 5.43 Å². The number of hydrogen-bond donors (Lipinski definition) is 2. The van der Waals surface area contributed by atoms with Gasteiger partial charge in [-0.1, -0.05) is 46.7 Å². The van der Waals surface area contributed by atoms with Crippen molar-refractivity contribution in [2.75, 3.05) is 26.1 Å². The van der Waals surface area contributed by atoms with Crippen molar-refractivity contribution < 1.29 is 19.0 Å². The molecule has 1 aromatic heterocycles. The van der Waals surface area contributed by atoms with Crippen LogP contribution in [0, 0.1) is 0 Å². The van der Waals surface area contributed by atoms with E-state index in [1.165, 1.54) is 6.21 Å². The number of hydrogen-bond acceptors (Lipinski definition) is 9. The number of carbonyl (C=O) groups excluding carboxylic acids is 1. The minimum atomic E-state index is -0.380. The van der Waals surface area contributed by atoms with Crippen molar-refractivity contribution in [2.45, 2.75) is 12.8 Å². The summed E-state index contributed by atoms with van der Waals surface area (Å²) >= 11 is 13.6. The summed E-state index contributed by atoms with van der Waals surface area (Å²) in [5.41, 5.74) is 9.48. The molecule has 0 saturated heterocycles. The molecule has 35 heavy (non-hydrogen) atoms. The third-order valence-electron chi connectivity index (χ3n) is 4.42. The van der Waals surface area contributed by atoms with Crippen molar-refractivity contribution in [3.05, 3.63) is 69.2 Å². The molecule has 9 nitrogen and oxygen atoms in total. The predicted octanol–water partition coefficient (Wildman–Crippen LogP) is 4.31. The van der Waals surface area contributed by atoms with E-state index in [9.17, 15) is 4.79 Å². The average molecular weight is 536 g/mol. The van der Waals surface area contributed by atoms with Crippen molar-refractivity contribution in [1.29, 1.82) is 0 Å². The van der Waals surface area contributed by atoms with Gasteiger partial charge in [-0.15, -0.1) is 16.8 Å². The first-order chi connectivity index (χ1) is 16.9. The Labute approximate surface area is 216 Å². The molecule has 3 rings (SSSR count). The number of nitrogens with zero attached hydrogens (tertiary/aromatic N) is 3. The smallest absolute Gasteiger partial charge is 0.247 e. The molecule has 0 fully saturated rings. The molecule has 1 amide bonds. The molecule has 3 aromatic rings. The van der Waals surface area contributed by atoms with Crippen molar-refractivity contribution in [3.8, 4) is 17.2 Å². The topological polar surface area (TPSA) is 121 Å². The lowest BCUT2D eigenvalue weighted by atomic mass is 10.1. The molecule has 0 aliphatic rings. The fourth-order valence-electron chi connectivity index (χ4n) is 2.94. The van der Waals surface area contributed by atoms with Crippen molar-refractivity contribution in [2.24, 2.45) is 5.10 Å². The highest BCUT2D eigenvalue weighted by atomic mass is 35.5. The number of methoxy groups -OCH3 is 1. The van der Waals surface area contributed by atoms with E-state index in [2.05, 4.69) is 27.3 Å². The zero-order valence-electron chi connectivity index (χ0n) is 18.8. The van der Waals surface area contributed by atoms with E-state index in [-0.39, 0.29) is 25.5 Å². The Morgan fingerprint density at radius 1 is 1.20 bits per heavy atom. The fourth-order valence-corrected chi connectivity index (χ4v) is 4.11. The Morgan fingerprint density at radius 3 is 2.71 bits per heavy atom. The van der Waals surface area contributed by atoms with E-state index in [1.807, 2.05) is 24.3 Å². The van der Waals surface area contributed by atoms with Crippen LogP contribution < -0.4 is 25.4 Å². The second-order valence-corrected chi connectivity index (χ2v) is 8.92. The SMILES string of the molecule is C=CCc1ccc(OCCOc2c(Cl)cc(Cl)cc2/C=N\NC(=O)Cc2nnc(N)s2)c(OC)c1. The Bertz CT molecular complexity index is 1220. The highest BCUT2D eigenvalue weighted by Gasteiger charge is 2.12. The number of nitrogen functional groups attached to an aromatic ring is 1. The monoisotopic (exact) mass is 535 g/mol. The summed E-state index contributed by atoms with van der Waals surface area (Å²) in [4.78, 5) is 12.0. The first-order valence-electron chi connectivity index (χ1n) is 10.3. The van der Waals surface area contributed by atoms with E-state index in [1.54, 1.807) is 19.2 Å². The summed E-state index contributed by atoms with van der Waals surface area (Å²) in [5.74, 6) is 1.18. The molecule has 3 N–H and O–H groups in total. The minimum Gasteiger partial charge on any atom is -0.493 e. The van der Waals surface area contributed by atoms with Gasteiger partial charge in [-0.05, 0) is 36.2 Å². The molecule has 0 aliphatic heterocycles. The predicted molar refractivity (Wildman–Crippen MR) is 138 cm³/mol. The summed E-state index contributed by atoms with van der Waals surface area (Å²) in [6, 6.07) is 8.85. The maximum atomic E-state index is 12.0. The highest BCUT2D eigenvalue weighted by Crippen LogP contribution is 2.32. The number of nitrogens with one attached hydrogen (secondary N) is 1. The molecule has 0 unspecified atom stereocenters. The molecule has 1 heterocycles. The van der Waals surface area contributed by atoms with Crippen LogP contribution in [0.5, 0.6) is 17.2 Å². The van der Waals surface area contributed by atoms with Crippen LogP contribution in [0.1, 0.15) is 16.1 Å². The summed E-state index contributed by atoms with van der Waals surface area (Å²) in [5, 5.41) is 12.9. The lowest BCUT2D eigenvalue weighted by Crippen LogP contribution is -2.19. The number of nitrogens with two attached hydrogens (primary N) is 1. The van der Waals surface area contributed by atoms with Crippen LogP contribution in [-0.2, 0) is 17.6 Å². The van der Waals surface area contributed by atoms with E-state index in [0.29, 0.717) is 43.0 Å². The summed E-state index contributed by atoms with van der Waals surface area (Å²) in [6.45, 7) is 4.16. The Kier molecular flexibility index (Phi) is 9.71. The number of amides is 1. The highest BCUT2D eigenvalue weighted by molar-refractivity contribution is 7.15. The third kappa shape index (κ3) is 7.84. The van der Waals surface area contributed by atoms with E-state index >= 15 is 0 Å². The van der Waals surface area contributed by atoms with Gasteiger partial charge in [0.25, 0.3) is 0 Å². The Morgan fingerprint density at radius 2 is 2.00 bits per heavy atom. The normalized spacial score (nSPS) is 10.8. The largest absolute Gasteiger partial charge is 0.493 e. The van der Waals surface area contributed by atoms with Crippen LogP contribution in [0.4, 0.5) is 5.13 Å². The van der Waals surface area contributed by atoms with Gasteiger partial charge in [0.05, 0.1) is 24.8 Å². The van der Waals surface area contributed by atoms with Crippen LogP contribution >= 0.6 is 34.5 Å². The number of ether oxygens (including phenoxy) is 3. The van der Waals surface area contributed by atoms with Gasteiger partial charge in [0, 0.05) is 10.6 Å². The maximum absolute atomic E-state index is 12.0. The Hall–Kier alpha value is -3.34. The van der Waals surface area contributed by atoms with E-state index in [0.717, 1.165) is 23.3 Å². The van der Waals surface area contributed by atoms with Gasteiger partial charge in [-0.2, -0.15) is 5.10 Å². The fraction of sp³-hybridized carbons (Fsp3) is 0.217. The summed E-state index contributed by atoms with van der Waals surface area (Å²) in [7, 11) is 1.58. The molecule has 0 spiro atoms. The standard InChI is InChI=1S/C23H23Cl2N5O4S/c1-3-4-14-5-6-18(19(9-14)32-2)33-7-8-34-22-15(10-16(24)11-17(22)25)13-27-28-20(31)12-21-29-30-23(26)35-21/h3,5-6,9-11,13H,1,4,7-8,12H2,2H3,(H2,26,30)(H,28,31)/b27-13-. The molecule has 2 aromatic carbocycles. The number of rotatable bonds is 12. The lowest BCUT2D eigenvalue weighted by Gasteiger charge is -2.14. The molecule has 0 atom stereocenters. The van der Waals surface area contributed by atoms with E-state index in [4.69, 9.17) is 43.1 Å². The second kappa shape index (κ2) is 12.9. The Balaban J connectivity index is 1.59. The van der Waals surface area contributed by atoms with Crippen molar-refractivity contribution >= 4 is 51.8 Å². The molecule has 0 saturated carbocycles. The van der Waals surface area contributed by atoms with Gasteiger partial charge in [0.2, 0.25) is 11.0 Å². The van der Waals surface area contributed by atoms with Crippen molar-refractivity contribution in [3.63, 3.8) is 0 Å². The molecule has 0 radical (unpaired) electrons. The van der Waals surface area contributed by atoms with Crippen molar-refractivity contribution in [1.82, 2.24) is 15.6 Å². The number of halogens is 2. The van der Waals surface area contributed by atoms with Gasteiger partial charge in [0.1, 0.15) is 24.0 Å². The van der Waals surface area contributed by atoms with Crippen LogP contribution in [0.25, 0.3) is 0 Å². The van der Waals surface area contributed by atoms with Crippen LogP contribution in [0.15, 0.2) is 48.1 Å². The summed E-state index contributed by atoms with van der Waals surface area (Å²) in [6.07, 6.45) is 3.94. The van der Waals surface area contributed by atoms with Crippen LogP contribution in [0.3, 0.4) is 0 Å². The molecule has 0 bridgehead atoms. The third-order valence-corrected chi connectivity index (χ3v) is 5.67. The average Bonchev–Trinajstić information content (AvgIpc) is 3.22. The molecular weight excluding hydrogens is 513 g/mol. The number of carbonyl (C=O) groups is 1. The van der Waals surface area contributed by atoms with Gasteiger partial charge >= 0.3 is 0 Å². The molecule has 184 valence electrons. The number of hydrazone groups is 1. The maximum Gasteiger partial charge on any atom is 0.247 e. The van der Waals surface area contributed by atoms with E-state index < -0.39 is 0 Å². The number of allylic oxidation sites excluding steroid dienone is 1.